The summed E-state index contributed by atoms with van der Waals surface area (Å²) < 4.78 is 0. The van der Waals surface area contributed by atoms with E-state index in [2.05, 4.69) is 27.8 Å². The van der Waals surface area contributed by atoms with Crippen LogP contribution < -0.4 is 10.6 Å². The molecule has 2 aromatic carbocycles. The zero-order chi connectivity index (χ0) is 19.2. The van der Waals surface area contributed by atoms with Crippen molar-refractivity contribution in [3.8, 4) is 11.4 Å². The molecular weight excluding hydrogens is 348 g/mol. The summed E-state index contributed by atoms with van der Waals surface area (Å²) in [5, 5.41) is 16.6. The van der Waals surface area contributed by atoms with Crippen molar-refractivity contribution in [2.45, 2.75) is 19.8 Å². The fraction of sp³-hybridized carbons (Fsp3) is 0.273. The molecule has 0 bridgehead atoms. The van der Waals surface area contributed by atoms with Crippen molar-refractivity contribution in [2.24, 2.45) is 0 Å². The van der Waals surface area contributed by atoms with E-state index in [1.54, 1.807) is 0 Å². The summed E-state index contributed by atoms with van der Waals surface area (Å²) in [5.74, 6) is 1.43. The van der Waals surface area contributed by atoms with Gasteiger partial charge in [0.05, 0.1) is 5.52 Å². The summed E-state index contributed by atoms with van der Waals surface area (Å²) in [6.07, 6.45) is 2.15. The first kappa shape index (κ1) is 18.3. The molecule has 0 aliphatic heterocycles. The van der Waals surface area contributed by atoms with Crippen LogP contribution in [-0.2, 0) is 0 Å². The van der Waals surface area contributed by atoms with Crippen LogP contribution in [0.4, 0.5) is 5.82 Å². The average Bonchev–Trinajstić information content (AvgIpc) is 2.76. The molecule has 142 valence electrons. The second-order valence-electron chi connectivity index (χ2n) is 6.71. The molecule has 2 aromatic heterocycles. The average molecular weight is 372 g/mol. The van der Waals surface area contributed by atoms with Gasteiger partial charge in [0.15, 0.2) is 17.2 Å². The van der Waals surface area contributed by atoms with Crippen LogP contribution >= 0.6 is 0 Å². The number of nitrogens with zero attached hydrogens (tertiary/aromatic N) is 4. The van der Waals surface area contributed by atoms with Gasteiger partial charge in [0, 0.05) is 17.5 Å². The van der Waals surface area contributed by atoms with Crippen molar-refractivity contribution < 1.29 is 0 Å². The maximum atomic E-state index is 4.84. The van der Waals surface area contributed by atoms with Crippen molar-refractivity contribution in [1.29, 1.82) is 0 Å². The molecule has 4 aromatic rings. The lowest BCUT2D eigenvalue weighted by Crippen LogP contribution is -2.19. The molecule has 0 fully saturated rings. The molecule has 0 radical (unpaired) electrons. The van der Waals surface area contributed by atoms with Gasteiger partial charge in [-0.05, 0) is 32.0 Å². The van der Waals surface area contributed by atoms with E-state index < -0.39 is 0 Å². The van der Waals surface area contributed by atoms with Crippen LogP contribution in [-0.4, -0.2) is 39.8 Å². The van der Waals surface area contributed by atoms with E-state index in [1.807, 2.05) is 54.6 Å². The molecular formula is C22H24N6. The van der Waals surface area contributed by atoms with Crippen molar-refractivity contribution >= 4 is 27.8 Å². The lowest BCUT2D eigenvalue weighted by molar-refractivity contribution is 0.651. The van der Waals surface area contributed by atoms with Crippen LogP contribution in [0.1, 0.15) is 19.8 Å². The topological polar surface area (TPSA) is 75.6 Å². The number of nitrogens with one attached hydrogen (secondary N) is 2. The Morgan fingerprint density at radius 2 is 1.61 bits per heavy atom. The number of fused-ring (bicyclic) bond motifs is 3. The summed E-state index contributed by atoms with van der Waals surface area (Å²) in [5.41, 5.74) is 3.35. The molecule has 0 saturated heterocycles. The van der Waals surface area contributed by atoms with Gasteiger partial charge in [0.1, 0.15) is 5.52 Å². The number of benzene rings is 2. The van der Waals surface area contributed by atoms with Crippen molar-refractivity contribution in [2.75, 3.05) is 25.0 Å². The monoisotopic (exact) mass is 372 g/mol. The predicted octanol–water partition coefficient (Wildman–Crippen LogP) is 4.04. The third kappa shape index (κ3) is 3.92. The largest absolute Gasteiger partial charge is 0.368 e. The van der Waals surface area contributed by atoms with E-state index in [-0.39, 0.29) is 0 Å². The Hall–Kier alpha value is -3.12. The van der Waals surface area contributed by atoms with Gasteiger partial charge < -0.3 is 10.6 Å². The molecule has 6 nitrogen and oxygen atoms in total. The lowest BCUT2D eigenvalue weighted by Gasteiger charge is -2.11. The summed E-state index contributed by atoms with van der Waals surface area (Å²) in [6, 6.07) is 18.0. The number of hydrogen-bond donors (Lipinski definition) is 2. The van der Waals surface area contributed by atoms with Crippen molar-refractivity contribution in [3.63, 3.8) is 0 Å². The van der Waals surface area contributed by atoms with Crippen molar-refractivity contribution in [1.82, 2.24) is 25.5 Å². The van der Waals surface area contributed by atoms with Gasteiger partial charge in [0.2, 0.25) is 0 Å². The Morgan fingerprint density at radius 3 is 2.46 bits per heavy atom. The molecule has 28 heavy (non-hydrogen) atoms. The Balaban J connectivity index is 1.73. The first-order valence-electron chi connectivity index (χ1n) is 9.80. The third-order valence-electron chi connectivity index (χ3n) is 4.58. The molecule has 0 atom stereocenters. The van der Waals surface area contributed by atoms with Crippen LogP contribution in [0.2, 0.25) is 0 Å². The summed E-state index contributed by atoms with van der Waals surface area (Å²) in [7, 11) is 0. The van der Waals surface area contributed by atoms with Gasteiger partial charge in [0.25, 0.3) is 0 Å². The van der Waals surface area contributed by atoms with E-state index in [1.165, 1.54) is 0 Å². The normalized spacial score (nSPS) is 11.2. The maximum absolute atomic E-state index is 4.84. The van der Waals surface area contributed by atoms with Gasteiger partial charge >= 0.3 is 0 Å². The Kier molecular flexibility index (Phi) is 5.68. The molecule has 0 amide bonds. The highest BCUT2D eigenvalue weighted by molar-refractivity contribution is 6.04. The molecule has 2 N–H and O–H groups in total. The van der Waals surface area contributed by atoms with E-state index in [4.69, 9.17) is 9.97 Å². The van der Waals surface area contributed by atoms with Gasteiger partial charge in [-0.25, -0.2) is 9.97 Å². The van der Waals surface area contributed by atoms with Crippen LogP contribution in [0.5, 0.6) is 0 Å². The molecule has 0 spiro atoms. The summed E-state index contributed by atoms with van der Waals surface area (Å²) >= 11 is 0. The fourth-order valence-electron chi connectivity index (χ4n) is 3.16. The minimum Gasteiger partial charge on any atom is -0.368 e. The first-order valence-corrected chi connectivity index (χ1v) is 9.80. The van der Waals surface area contributed by atoms with E-state index in [0.717, 1.165) is 60.3 Å². The second-order valence-corrected chi connectivity index (χ2v) is 6.71. The number of hydrogen-bond acceptors (Lipinski definition) is 6. The zero-order valence-electron chi connectivity index (χ0n) is 16.0. The molecule has 6 heteroatoms. The summed E-state index contributed by atoms with van der Waals surface area (Å²) in [4.78, 5) is 9.60. The Morgan fingerprint density at radius 1 is 0.786 bits per heavy atom. The molecule has 4 rings (SSSR count). The minimum absolute atomic E-state index is 0.692. The standard InChI is InChI=1S/C22H24N6/c1-2-13-23-14-8-15-24-22-20-19(17-11-6-7-12-18(17)27-28-20)25-21(26-22)16-9-4-3-5-10-16/h3-7,9-12,23H,2,8,13-15H2,1H3,(H,24,25,26). The molecule has 0 saturated carbocycles. The molecule has 2 heterocycles. The molecule has 0 aliphatic carbocycles. The van der Waals surface area contributed by atoms with E-state index in [0.29, 0.717) is 11.3 Å². The Bertz CT molecular complexity index is 1060. The highest BCUT2D eigenvalue weighted by atomic mass is 15.1. The van der Waals surface area contributed by atoms with Gasteiger partial charge in [-0.1, -0.05) is 55.5 Å². The van der Waals surface area contributed by atoms with Crippen LogP contribution in [0.3, 0.4) is 0 Å². The third-order valence-corrected chi connectivity index (χ3v) is 4.58. The minimum atomic E-state index is 0.692. The fourth-order valence-corrected chi connectivity index (χ4v) is 3.16. The predicted molar refractivity (Wildman–Crippen MR) is 114 cm³/mol. The van der Waals surface area contributed by atoms with Crippen molar-refractivity contribution in [3.05, 3.63) is 54.6 Å². The zero-order valence-corrected chi connectivity index (χ0v) is 16.0. The highest BCUT2D eigenvalue weighted by Gasteiger charge is 2.13. The number of anilines is 1. The van der Waals surface area contributed by atoms with Gasteiger partial charge in [-0.2, -0.15) is 0 Å². The van der Waals surface area contributed by atoms with E-state index in [9.17, 15) is 0 Å². The number of aromatic nitrogens is 4. The lowest BCUT2D eigenvalue weighted by atomic mass is 10.1. The van der Waals surface area contributed by atoms with Crippen LogP contribution in [0, 0.1) is 0 Å². The molecule has 0 unspecified atom stereocenters. The van der Waals surface area contributed by atoms with E-state index >= 15 is 0 Å². The first-order chi connectivity index (χ1) is 13.9. The second kappa shape index (κ2) is 8.71. The molecule has 0 aliphatic rings. The SMILES string of the molecule is CCCNCCCNc1nc(-c2ccccc2)nc2c1nnc1ccccc12. The highest BCUT2D eigenvalue weighted by Crippen LogP contribution is 2.27. The smallest absolute Gasteiger partial charge is 0.162 e. The van der Waals surface area contributed by atoms with Crippen LogP contribution in [0.15, 0.2) is 54.6 Å². The van der Waals surface area contributed by atoms with Crippen LogP contribution in [0.25, 0.3) is 33.3 Å². The van der Waals surface area contributed by atoms with Gasteiger partial charge in [-0.15, -0.1) is 10.2 Å². The number of rotatable bonds is 8. The van der Waals surface area contributed by atoms with Gasteiger partial charge in [-0.3, -0.25) is 0 Å². The Labute approximate surface area is 164 Å². The quantitative estimate of drug-likeness (QED) is 0.359. The maximum Gasteiger partial charge on any atom is 0.162 e. The summed E-state index contributed by atoms with van der Waals surface area (Å²) in [6.45, 7) is 5.01.